The van der Waals surface area contributed by atoms with Gasteiger partial charge in [-0.15, -0.1) is 24.8 Å². The zero-order valence-electron chi connectivity index (χ0n) is 13.0. The molecule has 1 aliphatic rings. The third-order valence-corrected chi connectivity index (χ3v) is 3.37. The normalized spacial score (nSPS) is 14.6. The Bertz CT molecular complexity index is 472. The van der Waals surface area contributed by atoms with Crippen LogP contribution in [0, 0.1) is 0 Å². The predicted octanol–water partition coefficient (Wildman–Crippen LogP) is 1.72. The van der Waals surface area contributed by atoms with Crippen molar-refractivity contribution < 1.29 is 9.53 Å². The zero-order chi connectivity index (χ0) is 14.6. The number of benzene rings is 1. The SMILES string of the molecule is CC(C)(N)C(=O)NCc1ccccc1N1CCOCC1.Cl.Cl. The number of halogens is 2. The lowest BCUT2D eigenvalue weighted by molar-refractivity contribution is -0.125. The number of carbonyl (C=O) groups excluding carboxylic acids is 1. The standard InChI is InChI=1S/C15H23N3O2.2ClH/c1-15(2,16)14(19)17-11-12-5-3-4-6-13(12)18-7-9-20-10-8-18;;/h3-6H,7-11,16H2,1-2H3,(H,17,19);2*1H. The van der Waals surface area contributed by atoms with E-state index in [2.05, 4.69) is 16.3 Å². The molecule has 126 valence electrons. The van der Waals surface area contributed by atoms with Crippen LogP contribution in [-0.4, -0.2) is 37.7 Å². The summed E-state index contributed by atoms with van der Waals surface area (Å²) in [5, 5.41) is 2.90. The maximum absolute atomic E-state index is 11.9. The molecule has 5 nitrogen and oxygen atoms in total. The third-order valence-electron chi connectivity index (χ3n) is 3.37. The first kappa shape index (κ1) is 21.0. The summed E-state index contributed by atoms with van der Waals surface area (Å²) in [4.78, 5) is 14.1. The second kappa shape index (κ2) is 9.20. The number of carbonyl (C=O) groups is 1. The summed E-state index contributed by atoms with van der Waals surface area (Å²) in [5.74, 6) is -0.144. The second-order valence-corrected chi connectivity index (χ2v) is 5.63. The van der Waals surface area contributed by atoms with E-state index in [-0.39, 0.29) is 30.7 Å². The highest BCUT2D eigenvalue weighted by atomic mass is 35.5. The lowest BCUT2D eigenvalue weighted by Gasteiger charge is -2.30. The Morgan fingerprint density at radius 3 is 2.45 bits per heavy atom. The molecule has 0 unspecified atom stereocenters. The maximum Gasteiger partial charge on any atom is 0.239 e. The Hall–Kier alpha value is -1.01. The molecule has 2 rings (SSSR count). The van der Waals surface area contributed by atoms with E-state index in [9.17, 15) is 4.79 Å². The number of para-hydroxylation sites is 1. The van der Waals surface area contributed by atoms with Gasteiger partial charge in [-0.3, -0.25) is 4.79 Å². The fourth-order valence-electron chi connectivity index (χ4n) is 2.18. The monoisotopic (exact) mass is 349 g/mol. The van der Waals surface area contributed by atoms with Crippen LogP contribution in [0.2, 0.25) is 0 Å². The summed E-state index contributed by atoms with van der Waals surface area (Å²) in [5.41, 5.74) is 7.19. The molecule has 1 fully saturated rings. The van der Waals surface area contributed by atoms with Gasteiger partial charge in [-0.05, 0) is 25.5 Å². The van der Waals surface area contributed by atoms with Crippen LogP contribution in [0.15, 0.2) is 24.3 Å². The van der Waals surface area contributed by atoms with Crippen LogP contribution in [0.1, 0.15) is 19.4 Å². The van der Waals surface area contributed by atoms with Crippen LogP contribution < -0.4 is 16.0 Å². The van der Waals surface area contributed by atoms with Crippen molar-refractivity contribution in [2.75, 3.05) is 31.2 Å². The van der Waals surface area contributed by atoms with Crippen LogP contribution in [0.4, 0.5) is 5.69 Å². The van der Waals surface area contributed by atoms with Gasteiger partial charge < -0.3 is 20.7 Å². The van der Waals surface area contributed by atoms with Crippen molar-refractivity contribution in [3.8, 4) is 0 Å². The molecule has 0 bridgehead atoms. The van der Waals surface area contributed by atoms with Crippen LogP contribution in [-0.2, 0) is 16.1 Å². The molecule has 0 saturated carbocycles. The highest BCUT2D eigenvalue weighted by Crippen LogP contribution is 2.21. The molecule has 1 aromatic rings. The van der Waals surface area contributed by atoms with Gasteiger partial charge in [0.25, 0.3) is 0 Å². The fourth-order valence-corrected chi connectivity index (χ4v) is 2.18. The fraction of sp³-hybridized carbons (Fsp3) is 0.533. The van der Waals surface area contributed by atoms with Gasteiger partial charge in [0, 0.05) is 25.3 Å². The molecule has 0 aliphatic carbocycles. The Kier molecular flexibility index (Phi) is 8.78. The van der Waals surface area contributed by atoms with Gasteiger partial charge in [0.1, 0.15) is 0 Å². The summed E-state index contributed by atoms with van der Waals surface area (Å²) < 4.78 is 5.38. The molecule has 0 spiro atoms. The van der Waals surface area contributed by atoms with Gasteiger partial charge in [-0.1, -0.05) is 18.2 Å². The first-order chi connectivity index (χ1) is 9.48. The molecule has 7 heteroatoms. The van der Waals surface area contributed by atoms with Crippen molar-refractivity contribution in [3.63, 3.8) is 0 Å². The summed E-state index contributed by atoms with van der Waals surface area (Å²) >= 11 is 0. The largest absolute Gasteiger partial charge is 0.378 e. The number of morpholine rings is 1. The van der Waals surface area contributed by atoms with E-state index in [0.29, 0.717) is 6.54 Å². The van der Waals surface area contributed by atoms with E-state index < -0.39 is 5.54 Å². The van der Waals surface area contributed by atoms with Crippen LogP contribution in [0.5, 0.6) is 0 Å². The van der Waals surface area contributed by atoms with Gasteiger partial charge in [0.2, 0.25) is 5.91 Å². The molecule has 0 atom stereocenters. The van der Waals surface area contributed by atoms with Gasteiger partial charge in [0.15, 0.2) is 0 Å². The summed E-state index contributed by atoms with van der Waals surface area (Å²) in [6.45, 7) is 7.16. The molecular weight excluding hydrogens is 325 g/mol. The number of rotatable bonds is 4. The van der Waals surface area contributed by atoms with Crippen molar-refractivity contribution in [1.82, 2.24) is 5.32 Å². The summed E-state index contributed by atoms with van der Waals surface area (Å²) in [6, 6.07) is 8.12. The van der Waals surface area contributed by atoms with E-state index in [4.69, 9.17) is 10.5 Å². The molecule has 3 N–H and O–H groups in total. The van der Waals surface area contributed by atoms with Gasteiger partial charge in [-0.2, -0.15) is 0 Å². The number of nitrogens with one attached hydrogen (secondary N) is 1. The average Bonchev–Trinajstić information content (AvgIpc) is 2.45. The predicted molar refractivity (Wildman–Crippen MR) is 94.1 cm³/mol. The minimum Gasteiger partial charge on any atom is -0.378 e. The highest BCUT2D eigenvalue weighted by molar-refractivity contribution is 5.86. The van der Waals surface area contributed by atoms with Crippen molar-refractivity contribution in [3.05, 3.63) is 29.8 Å². The van der Waals surface area contributed by atoms with Crippen molar-refractivity contribution >= 4 is 36.4 Å². The Morgan fingerprint density at radius 2 is 1.86 bits per heavy atom. The Balaban J connectivity index is 0.00000220. The lowest BCUT2D eigenvalue weighted by atomic mass is 10.1. The molecule has 0 radical (unpaired) electrons. The number of anilines is 1. The maximum atomic E-state index is 11.9. The first-order valence-corrected chi connectivity index (χ1v) is 6.96. The number of ether oxygens (including phenoxy) is 1. The number of hydrogen-bond acceptors (Lipinski definition) is 4. The number of nitrogens with zero attached hydrogens (tertiary/aromatic N) is 1. The zero-order valence-corrected chi connectivity index (χ0v) is 14.6. The van der Waals surface area contributed by atoms with E-state index in [0.717, 1.165) is 37.6 Å². The molecule has 1 heterocycles. The minimum absolute atomic E-state index is 0. The Morgan fingerprint density at radius 1 is 1.27 bits per heavy atom. The van der Waals surface area contributed by atoms with E-state index >= 15 is 0 Å². The van der Waals surface area contributed by atoms with Crippen molar-refractivity contribution in [2.24, 2.45) is 5.73 Å². The topological polar surface area (TPSA) is 67.6 Å². The number of nitrogens with two attached hydrogens (primary N) is 1. The van der Waals surface area contributed by atoms with Gasteiger partial charge in [0.05, 0.1) is 18.8 Å². The van der Waals surface area contributed by atoms with Gasteiger partial charge in [-0.25, -0.2) is 0 Å². The molecule has 0 aromatic heterocycles. The molecule has 22 heavy (non-hydrogen) atoms. The average molecular weight is 350 g/mol. The third kappa shape index (κ3) is 5.65. The lowest BCUT2D eigenvalue weighted by Crippen LogP contribution is -2.48. The number of amides is 1. The Labute approximate surface area is 144 Å². The van der Waals surface area contributed by atoms with Crippen molar-refractivity contribution in [2.45, 2.75) is 25.9 Å². The van der Waals surface area contributed by atoms with Crippen LogP contribution in [0.25, 0.3) is 0 Å². The minimum atomic E-state index is -0.853. The van der Waals surface area contributed by atoms with Crippen molar-refractivity contribution in [1.29, 1.82) is 0 Å². The van der Waals surface area contributed by atoms with Gasteiger partial charge >= 0.3 is 0 Å². The van der Waals surface area contributed by atoms with Crippen LogP contribution in [0.3, 0.4) is 0 Å². The molecule has 1 aromatic carbocycles. The molecule has 1 saturated heterocycles. The summed E-state index contributed by atoms with van der Waals surface area (Å²) in [7, 11) is 0. The molecule has 1 aliphatic heterocycles. The first-order valence-electron chi connectivity index (χ1n) is 6.96. The smallest absolute Gasteiger partial charge is 0.239 e. The second-order valence-electron chi connectivity index (χ2n) is 5.63. The quantitative estimate of drug-likeness (QED) is 0.868. The molecular formula is C15H25Cl2N3O2. The number of hydrogen-bond donors (Lipinski definition) is 2. The highest BCUT2D eigenvalue weighted by Gasteiger charge is 2.22. The molecule has 1 amide bonds. The summed E-state index contributed by atoms with van der Waals surface area (Å²) in [6.07, 6.45) is 0. The van der Waals surface area contributed by atoms with E-state index in [1.165, 1.54) is 0 Å². The van der Waals surface area contributed by atoms with E-state index in [1.807, 2.05) is 18.2 Å². The van der Waals surface area contributed by atoms with E-state index in [1.54, 1.807) is 13.8 Å². The van der Waals surface area contributed by atoms with Crippen LogP contribution >= 0.6 is 24.8 Å².